The van der Waals surface area contributed by atoms with Gasteiger partial charge in [0.2, 0.25) is 10.0 Å². The van der Waals surface area contributed by atoms with Crippen molar-refractivity contribution in [2.45, 2.75) is 11.4 Å². The number of aromatic carboxylic acids is 1. The second-order valence-corrected chi connectivity index (χ2v) is 8.14. The van der Waals surface area contributed by atoms with Gasteiger partial charge in [-0.25, -0.2) is 22.9 Å². The molecular weight excluding hydrogens is 392 g/mol. The highest BCUT2D eigenvalue weighted by Gasteiger charge is 2.26. The smallest absolute Gasteiger partial charge is 0.355 e. The van der Waals surface area contributed by atoms with E-state index in [1.54, 1.807) is 7.11 Å². The molecule has 3 rings (SSSR count). The Bertz CT molecular complexity index is 1070. The van der Waals surface area contributed by atoms with E-state index in [-0.39, 0.29) is 11.4 Å². The Morgan fingerprint density at radius 1 is 1.33 bits per heavy atom. The molecule has 2 heterocycles. The number of methoxy groups -OCH3 is 1. The van der Waals surface area contributed by atoms with E-state index in [1.165, 1.54) is 18.4 Å². The van der Waals surface area contributed by atoms with Gasteiger partial charge in [-0.2, -0.15) is 5.10 Å². The van der Waals surface area contributed by atoms with Crippen LogP contribution in [0.4, 0.5) is 0 Å². The zero-order valence-corrected chi connectivity index (χ0v) is 16.0. The Balaban J connectivity index is 1.75. The Morgan fingerprint density at radius 3 is 2.67 bits per heavy atom. The Labute approximate surface area is 159 Å². The molecule has 0 saturated heterocycles. The first-order valence-electron chi connectivity index (χ1n) is 7.65. The van der Waals surface area contributed by atoms with Gasteiger partial charge in [-0.1, -0.05) is 0 Å². The number of carboxylic acids is 1. The summed E-state index contributed by atoms with van der Waals surface area (Å²) < 4.78 is 33.3. The number of carbonyl (C=O) groups is 1. The van der Waals surface area contributed by atoms with E-state index in [1.807, 2.05) is 29.6 Å². The van der Waals surface area contributed by atoms with Gasteiger partial charge in [0.25, 0.3) is 0 Å². The van der Waals surface area contributed by atoms with Crippen LogP contribution in [-0.2, 0) is 23.6 Å². The zero-order valence-electron chi connectivity index (χ0n) is 14.4. The van der Waals surface area contributed by atoms with Gasteiger partial charge in [0.15, 0.2) is 5.69 Å². The lowest BCUT2D eigenvalue weighted by Crippen LogP contribution is -2.25. The van der Waals surface area contributed by atoms with Gasteiger partial charge >= 0.3 is 5.97 Å². The first-order valence-corrected chi connectivity index (χ1v) is 10.0. The second kappa shape index (κ2) is 7.47. The Hall–Kier alpha value is -2.76. The van der Waals surface area contributed by atoms with E-state index >= 15 is 0 Å². The van der Waals surface area contributed by atoms with Crippen molar-refractivity contribution in [3.05, 3.63) is 46.5 Å². The molecule has 2 N–H and O–H groups in total. The predicted octanol–water partition coefficient (Wildman–Crippen LogP) is 1.73. The Morgan fingerprint density at radius 2 is 2.04 bits per heavy atom. The van der Waals surface area contributed by atoms with E-state index in [9.17, 15) is 18.3 Å². The second-order valence-electron chi connectivity index (χ2n) is 5.47. The first-order chi connectivity index (χ1) is 12.8. The fourth-order valence-electron chi connectivity index (χ4n) is 2.38. The molecule has 0 aliphatic heterocycles. The standard InChI is InChI=1S/C16H16N4O5S2/c1-20-15(16(21)22)13(7-17-20)27(23,24)18-8-14-19-12(9-26-14)10-3-5-11(25-2)6-4-10/h3-7,9,18H,8H2,1-2H3,(H,21,22). The van der Waals surface area contributed by atoms with E-state index in [4.69, 9.17) is 4.74 Å². The quantitative estimate of drug-likeness (QED) is 0.610. The third-order valence-corrected chi connectivity index (χ3v) is 6.00. The van der Waals surface area contributed by atoms with Gasteiger partial charge in [0.05, 0.1) is 25.5 Å². The fourth-order valence-corrected chi connectivity index (χ4v) is 4.36. The topological polar surface area (TPSA) is 123 Å². The van der Waals surface area contributed by atoms with Gasteiger partial charge in [-0.3, -0.25) is 4.68 Å². The molecule has 1 aromatic carbocycles. The number of nitrogens with zero attached hydrogens (tertiary/aromatic N) is 3. The zero-order chi connectivity index (χ0) is 19.6. The van der Waals surface area contributed by atoms with Crippen molar-refractivity contribution in [2.75, 3.05) is 7.11 Å². The molecule has 3 aromatic rings. The lowest BCUT2D eigenvalue weighted by atomic mass is 10.2. The van der Waals surface area contributed by atoms with Crippen LogP contribution in [0.2, 0.25) is 0 Å². The van der Waals surface area contributed by atoms with Gasteiger partial charge in [-0.05, 0) is 24.3 Å². The van der Waals surface area contributed by atoms with Crippen molar-refractivity contribution in [1.82, 2.24) is 19.5 Å². The van der Waals surface area contributed by atoms with Crippen LogP contribution < -0.4 is 9.46 Å². The van der Waals surface area contributed by atoms with Crippen molar-refractivity contribution >= 4 is 27.3 Å². The largest absolute Gasteiger partial charge is 0.497 e. The van der Waals surface area contributed by atoms with Crippen LogP contribution in [0.25, 0.3) is 11.3 Å². The molecule has 0 aliphatic rings. The molecule has 11 heteroatoms. The summed E-state index contributed by atoms with van der Waals surface area (Å²) in [5.41, 5.74) is 1.19. The number of aryl methyl sites for hydroxylation is 1. The average Bonchev–Trinajstić information content (AvgIpc) is 3.27. The average molecular weight is 408 g/mol. The van der Waals surface area contributed by atoms with E-state index in [0.29, 0.717) is 10.7 Å². The van der Waals surface area contributed by atoms with Gasteiger partial charge in [0.1, 0.15) is 15.7 Å². The summed E-state index contributed by atoms with van der Waals surface area (Å²) in [4.78, 5) is 15.3. The minimum absolute atomic E-state index is 0.0584. The highest BCUT2D eigenvalue weighted by atomic mass is 32.2. The number of benzene rings is 1. The summed E-state index contributed by atoms with van der Waals surface area (Å²) in [7, 11) is -1.09. The van der Waals surface area contributed by atoms with E-state index in [2.05, 4.69) is 14.8 Å². The number of nitrogens with one attached hydrogen (secondary N) is 1. The van der Waals surface area contributed by atoms with Crippen LogP contribution >= 0.6 is 11.3 Å². The molecule has 0 spiro atoms. The molecule has 0 atom stereocenters. The normalized spacial score (nSPS) is 11.5. The van der Waals surface area contributed by atoms with Crippen LogP contribution in [0.15, 0.2) is 40.7 Å². The minimum atomic E-state index is -4.04. The monoisotopic (exact) mass is 408 g/mol. The molecule has 0 unspecified atom stereocenters. The maximum Gasteiger partial charge on any atom is 0.355 e. The number of ether oxygens (including phenoxy) is 1. The number of hydrogen-bond acceptors (Lipinski definition) is 7. The highest BCUT2D eigenvalue weighted by Crippen LogP contribution is 2.24. The van der Waals surface area contributed by atoms with Crippen LogP contribution in [0.5, 0.6) is 5.75 Å². The van der Waals surface area contributed by atoms with Crippen molar-refractivity contribution in [3.8, 4) is 17.0 Å². The lowest BCUT2D eigenvalue weighted by Gasteiger charge is -2.05. The number of sulfonamides is 1. The number of hydrogen-bond donors (Lipinski definition) is 2. The molecule has 0 amide bonds. The van der Waals surface area contributed by atoms with Crippen LogP contribution in [0, 0.1) is 0 Å². The van der Waals surface area contributed by atoms with Crippen molar-refractivity contribution in [3.63, 3.8) is 0 Å². The van der Waals surface area contributed by atoms with Crippen molar-refractivity contribution < 1.29 is 23.1 Å². The number of carboxylic acid groups (broad SMARTS) is 1. The SMILES string of the molecule is COc1ccc(-c2csc(CNS(=O)(=O)c3cnn(C)c3C(=O)O)n2)cc1. The van der Waals surface area contributed by atoms with E-state index < -0.39 is 21.7 Å². The summed E-state index contributed by atoms with van der Waals surface area (Å²) >= 11 is 1.30. The van der Waals surface area contributed by atoms with Gasteiger partial charge in [-0.15, -0.1) is 11.3 Å². The molecule has 0 saturated carbocycles. The van der Waals surface area contributed by atoms with Crippen molar-refractivity contribution in [2.24, 2.45) is 7.05 Å². The Kier molecular flexibility index (Phi) is 5.26. The van der Waals surface area contributed by atoms with Gasteiger partial charge in [0, 0.05) is 18.0 Å². The van der Waals surface area contributed by atoms with E-state index in [0.717, 1.165) is 22.2 Å². The van der Waals surface area contributed by atoms with Crippen molar-refractivity contribution in [1.29, 1.82) is 0 Å². The minimum Gasteiger partial charge on any atom is -0.497 e. The first kappa shape index (κ1) is 19.0. The summed E-state index contributed by atoms with van der Waals surface area (Å²) in [5, 5.41) is 15.3. The number of rotatable bonds is 7. The fraction of sp³-hybridized carbons (Fsp3) is 0.188. The molecule has 0 bridgehead atoms. The number of thiazole rings is 1. The molecule has 9 nitrogen and oxygen atoms in total. The summed E-state index contributed by atoms with van der Waals surface area (Å²) in [6.07, 6.45) is 1.01. The van der Waals surface area contributed by atoms with Crippen LogP contribution in [-0.4, -0.2) is 41.4 Å². The maximum atomic E-state index is 12.4. The molecule has 142 valence electrons. The third kappa shape index (κ3) is 3.99. The summed E-state index contributed by atoms with van der Waals surface area (Å²) in [6, 6.07) is 7.34. The molecular formula is C16H16N4O5S2. The summed E-state index contributed by atoms with van der Waals surface area (Å²) in [6.45, 7) is -0.0584. The predicted molar refractivity (Wildman–Crippen MR) is 98.3 cm³/mol. The molecule has 0 fully saturated rings. The van der Waals surface area contributed by atoms with Crippen LogP contribution in [0.3, 0.4) is 0 Å². The maximum absolute atomic E-state index is 12.4. The molecule has 27 heavy (non-hydrogen) atoms. The lowest BCUT2D eigenvalue weighted by molar-refractivity contribution is 0.0680. The number of aromatic nitrogens is 3. The summed E-state index contributed by atoms with van der Waals surface area (Å²) in [5.74, 6) is -0.640. The molecule has 2 aromatic heterocycles. The van der Waals surface area contributed by atoms with Gasteiger partial charge < -0.3 is 9.84 Å². The highest BCUT2D eigenvalue weighted by molar-refractivity contribution is 7.89. The molecule has 0 radical (unpaired) electrons. The third-order valence-electron chi connectivity index (χ3n) is 3.75. The van der Waals surface area contributed by atoms with Crippen LogP contribution in [0.1, 0.15) is 15.5 Å². The molecule has 0 aliphatic carbocycles.